The highest BCUT2D eigenvalue weighted by Gasteiger charge is 2.07. The summed E-state index contributed by atoms with van der Waals surface area (Å²) >= 11 is 0. The van der Waals surface area contributed by atoms with Gasteiger partial charge in [-0.1, -0.05) is 25.7 Å². The molecule has 0 bridgehead atoms. The van der Waals surface area contributed by atoms with E-state index in [1.807, 2.05) is 19.1 Å². The minimum absolute atomic E-state index is 0.0167. The van der Waals surface area contributed by atoms with Gasteiger partial charge in [0.1, 0.15) is 18.6 Å². The van der Waals surface area contributed by atoms with Gasteiger partial charge in [0.25, 0.3) is 0 Å². The summed E-state index contributed by atoms with van der Waals surface area (Å²) in [5.41, 5.74) is 2.49. The molecule has 2 N–H and O–H groups in total. The second-order valence-electron chi connectivity index (χ2n) is 4.82. The number of allylic oxidation sites excluding steroid dienone is 1. The maximum Gasteiger partial charge on any atom is 0.227 e. The first kappa shape index (κ1) is 16.9. The van der Waals surface area contributed by atoms with Gasteiger partial charge in [-0.3, -0.25) is 0 Å². The second-order valence-corrected chi connectivity index (χ2v) is 4.82. The highest BCUT2D eigenvalue weighted by molar-refractivity contribution is 5.59. The molecule has 6 nitrogen and oxygen atoms in total. The maximum absolute atomic E-state index is 8.62. The first-order valence-corrected chi connectivity index (χ1v) is 7.42. The van der Waals surface area contributed by atoms with Crippen molar-refractivity contribution in [2.45, 2.75) is 20.0 Å². The number of rotatable bonds is 9. The molecule has 0 aliphatic carbocycles. The molecule has 6 heteroatoms. The van der Waals surface area contributed by atoms with Crippen LogP contribution in [0.2, 0.25) is 0 Å². The monoisotopic (exact) mass is 315 g/mol. The van der Waals surface area contributed by atoms with Gasteiger partial charge in [0.2, 0.25) is 5.95 Å². The van der Waals surface area contributed by atoms with Gasteiger partial charge in [0.05, 0.1) is 18.9 Å². The predicted octanol–water partition coefficient (Wildman–Crippen LogP) is 3.14. The fourth-order valence-corrected chi connectivity index (χ4v) is 1.79. The number of aliphatic hydroxyl groups is 1. The van der Waals surface area contributed by atoms with Crippen LogP contribution in [0.5, 0.6) is 0 Å². The number of nitrogens with zero attached hydrogens (tertiary/aromatic N) is 2. The molecule has 0 aliphatic rings. The van der Waals surface area contributed by atoms with Gasteiger partial charge in [-0.2, -0.15) is 0 Å². The SMILES string of the molecule is C=C(CC)Nc1nccc(-c2coc(COC/C=C/CO)c2)n1. The van der Waals surface area contributed by atoms with Crippen molar-refractivity contribution in [1.29, 1.82) is 0 Å². The van der Waals surface area contributed by atoms with E-state index in [1.54, 1.807) is 24.6 Å². The summed E-state index contributed by atoms with van der Waals surface area (Å²) in [6, 6.07) is 3.70. The Morgan fingerprint density at radius 1 is 1.48 bits per heavy atom. The van der Waals surface area contributed by atoms with Gasteiger partial charge >= 0.3 is 0 Å². The number of nitrogens with one attached hydrogen (secondary N) is 1. The van der Waals surface area contributed by atoms with Crippen molar-refractivity contribution >= 4 is 5.95 Å². The van der Waals surface area contributed by atoms with Crippen molar-refractivity contribution < 1.29 is 14.3 Å². The number of ether oxygens (including phenoxy) is 1. The zero-order valence-electron chi connectivity index (χ0n) is 13.2. The Bertz CT molecular complexity index is 665. The van der Waals surface area contributed by atoms with E-state index < -0.39 is 0 Å². The number of furan rings is 1. The quantitative estimate of drug-likeness (QED) is 0.546. The van der Waals surface area contributed by atoms with Gasteiger partial charge in [0, 0.05) is 17.5 Å². The van der Waals surface area contributed by atoms with Crippen LogP contribution in [-0.2, 0) is 11.3 Å². The van der Waals surface area contributed by atoms with Gasteiger partial charge in [-0.25, -0.2) is 9.97 Å². The molecule has 0 atom stereocenters. The highest BCUT2D eigenvalue weighted by atomic mass is 16.5. The Balaban J connectivity index is 1.98. The lowest BCUT2D eigenvalue weighted by Crippen LogP contribution is -2.01. The summed E-state index contributed by atoms with van der Waals surface area (Å²) in [5, 5.41) is 11.7. The molecule has 122 valence electrons. The smallest absolute Gasteiger partial charge is 0.227 e. The maximum atomic E-state index is 8.62. The topological polar surface area (TPSA) is 80.4 Å². The summed E-state index contributed by atoms with van der Waals surface area (Å²) < 4.78 is 10.9. The van der Waals surface area contributed by atoms with E-state index in [2.05, 4.69) is 21.9 Å². The van der Waals surface area contributed by atoms with Crippen molar-refractivity contribution in [3.05, 3.63) is 54.8 Å². The van der Waals surface area contributed by atoms with Crippen molar-refractivity contribution in [2.75, 3.05) is 18.5 Å². The first-order valence-electron chi connectivity index (χ1n) is 7.42. The van der Waals surface area contributed by atoms with E-state index in [0.717, 1.165) is 23.4 Å². The number of aliphatic hydroxyl groups excluding tert-OH is 1. The molecule has 2 rings (SSSR count). The fraction of sp³-hybridized carbons (Fsp3) is 0.294. The summed E-state index contributed by atoms with van der Waals surface area (Å²) in [6.45, 7) is 6.70. The number of hydrogen-bond donors (Lipinski definition) is 2. The number of anilines is 1. The molecule has 0 saturated heterocycles. The molecular weight excluding hydrogens is 294 g/mol. The number of hydrogen-bond acceptors (Lipinski definition) is 6. The molecule has 0 saturated carbocycles. The molecular formula is C17H21N3O3. The molecule has 0 aromatic carbocycles. The first-order chi connectivity index (χ1) is 11.2. The average molecular weight is 315 g/mol. The lowest BCUT2D eigenvalue weighted by Gasteiger charge is -2.06. The highest BCUT2D eigenvalue weighted by Crippen LogP contribution is 2.21. The third-order valence-corrected chi connectivity index (χ3v) is 3.05. The third-order valence-electron chi connectivity index (χ3n) is 3.05. The van der Waals surface area contributed by atoms with Crippen molar-refractivity contribution in [1.82, 2.24) is 9.97 Å². The summed E-state index contributed by atoms with van der Waals surface area (Å²) in [7, 11) is 0. The zero-order chi connectivity index (χ0) is 16.5. The lowest BCUT2D eigenvalue weighted by molar-refractivity contribution is 0.131. The Morgan fingerprint density at radius 3 is 3.13 bits per heavy atom. The van der Waals surface area contributed by atoms with Gasteiger partial charge in [-0.15, -0.1) is 0 Å². The number of aromatic nitrogens is 2. The molecule has 0 aliphatic heterocycles. The van der Waals surface area contributed by atoms with Crippen LogP contribution in [-0.4, -0.2) is 28.3 Å². The molecule has 2 heterocycles. The summed E-state index contributed by atoms with van der Waals surface area (Å²) in [5.74, 6) is 1.23. The van der Waals surface area contributed by atoms with E-state index in [4.69, 9.17) is 14.3 Å². The van der Waals surface area contributed by atoms with Crippen LogP contribution in [0, 0.1) is 0 Å². The minimum atomic E-state index is 0.0167. The van der Waals surface area contributed by atoms with Gasteiger partial charge < -0.3 is 19.6 Å². The van der Waals surface area contributed by atoms with Crippen molar-refractivity contribution in [3.63, 3.8) is 0 Å². The fourth-order valence-electron chi connectivity index (χ4n) is 1.79. The van der Waals surface area contributed by atoms with Crippen molar-refractivity contribution in [3.8, 4) is 11.3 Å². The van der Waals surface area contributed by atoms with Crippen LogP contribution in [0.3, 0.4) is 0 Å². The molecule has 0 amide bonds. The second kappa shape index (κ2) is 8.87. The van der Waals surface area contributed by atoms with Crippen LogP contribution in [0.4, 0.5) is 5.95 Å². The van der Waals surface area contributed by atoms with Gasteiger partial charge in [0.15, 0.2) is 0 Å². The molecule has 0 unspecified atom stereocenters. The molecule has 0 spiro atoms. The minimum Gasteiger partial charge on any atom is -0.466 e. The van der Waals surface area contributed by atoms with E-state index in [1.165, 1.54) is 0 Å². The van der Waals surface area contributed by atoms with E-state index in [-0.39, 0.29) is 6.61 Å². The van der Waals surface area contributed by atoms with Crippen LogP contribution < -0.4 is 5.32 Å². The van der Waals surface area contributed by atoms with Crippen LogP contribution in [0.25, 0.3) is 11.3 Å². The van der Waals surface area contributed by atoms with Gasteiger partial charge in [-0.05, 0) is 18.6 Å². The van der Waals surface area contributed by atoms with Crippen LogP contribution >= 0.6 is 0 Å². The van der Waals surface area contributed by atoms with Crippen LogP contribution in [0.1, 0.15) is 19.1 Å². The van der Waals surface area contributed by atoms with E-state index >= 15 is 0 Å². The molecule has 2 aromatic rings. The Hall–Kier alpha value is -2.44. The largest absolute Gasteiger partial charge is 0.466 e. The third kappa shape index (κ3) is 5.36. The van der Waals surface area contributed by atoms with Crippen molar-refractivity contribution in [2.24, 2.45) is 0 Å². The average Bonchev–Trinajstić information content (AvgIpc) is 3.04. The Kier molecular flexibility index (Phi) is 6.53. The zero-order valence-corrected chi connectivity index (χ0v) is 13.2. The standard InChI is InChI=1S/C17H21N3O3/c1-3-13(2)19-17-18-7-6-16(20-17)14-10-15(23-11-14)12-22-9-5-4-8-21/h4-7,10-11,21H,2-3,8-9,12H2,1H3,(H,18,19,20)/b5-4+. The van der Waals surface area contributed by atoms with E-state index in [9.17, 15) is 0 Å². The molecule has 0 fully saturated rings. The normalized spacial score (nSPS) is 11.0. The summed E-state index contributed by atoms with van der Waals surface area (Å²) in [6.07, 6.45) is 7.53. The lowest BCUT2D eigenvalue weighted by atomic mass is 10.2. The van der Waals surface area contributed by atoms with E-state index in [0.29, 0.717) is 24.9 Å². The predicted molar refractivity (Wildman–Crippen MR) is 88.7 cm³/mol. The molecule has 23 heavy (non-hydrogen) atoms. The molecule has 0 radical (unpaired) electrons. The summed E-state index contributed by atoms with van der Waals surface area (Å²) in [4.78, 5) is 8.61. The van der Waals surface area contributed by atoms with Crippen LogP contribution in [0.15, 0.2) is 53.4 Å². The Labute approximate surface area is 135 Å². The Morgan fingerprint density at radius 2 is 2.35 bits per heavy atom. The molecule has 2 aromatic heterocycles.